The van der Waals surface area contributed by atoms with Crippen molar-refractivity contribution >= 4 is 17.7 Å². The molecule has 4 rings (SSSR count). The van der Waals surface area contributed by atoms with Crippen molar-refractivity contribution in [1.29, 1.82) is 0 Å². The molecule has 0 aliphatic carbocycles. The van der Waals surface area contributed by atoms with Gasteiger partial charge in [-0.3, -0.25) is 19.7 Å². The molecule has 1 atom stereocenters. The van der Waals surface area contributed by atoms with Gasteiger partial charge in [-0.15, -0.1) is 5.10 Å². The van der Waals surface area contributed by atoms with Crippen LogP contribution in [0.15, 0.2) is 24.4 Å². The van der Waals surface area contributed by atoms with E-state index in [-0.39, 0.29) is 18.2 Å². The van der Waals surface area contributed by atoms with Crippen LogP contribution in [0, 0.1) is 0 Å². The zero-order valence-corrected chi connectivity index (χ0v) is 15.8. The maximum atomic E-state index is 12.9. The average molecular weight is 382 g/mol. The van der Waals surface area contributed by atoms with Crippen molar-refractivity contribution in [1.82, 2.24) is 30.5 Å². The lowest BCUT2D eigenvalue weighted by Crippen LogP contribution is -2.52. The molecule has 0 bridgehead atoms. The fourth-order valence-corrected chi connectivity index (χ4v) is 3.50. The van der Waals surface area contributed by atoms with E-state index in [0.29, 0.717) is 31.1 Å². The van der Waals surface area contributed by atoms with Crippen molar-refractivity contribution in [3.8, 4) is 5.69 Å². The lowest BCUT2D eigenvalue weighted by Gasteiger charge is -2.29. The van der Waals surface area contributed by atoms with E-state index in [2.05, 4.69) is 34.8 Å². The summed E-state index contributed by atoms with van der Waals surface area (Å²) in [5, 5.41) is 13.9. The molecule has 0 radical (unpaired) electrons. The Morgan fingerprint density at radius 1 is 1.29 bits per heavy atom. The molecule has 1 fully saturated rings. The van der Waals surface area contributed by atoms with Gasteiger partial charge in [-0.1, -0.05) is 25.1 Å². The summed E-state index contributed by atoms with van der Waals surface area (Å²) in [6, 6.07) is 5.27. The predicted octanol–water partition coefficient (Wildman–Crippen LogP) is 0.526. The molecule has 0 saturated carbocycles. The Morgan fingerprint density at radius 3 is 2.86 bits per heavy atom. The first-order chi connectivity index (χ1) is 13.4. The molecular formula is C19H22N6O3. The fourth-order valence-electron chi connectivity index (χ4n) is 3.50. The van der Waals surface area contributed by atoms with Gasteiger partial charge in [-0.2, -0.15) is 0 Å². The highest BCUT2D eigenvalue weighted by atomic mass is 16.2. The van der Waals surface area contributed by atoms with E-state index < -0.39 is 11.9 Å². The monoisotopic (exact) mass is 382 g/mol. The quantitative estimate of drug-likeness (QED) is 0.730. The second-order valence-electron chi connectivity index (χ2n) is 7.43. The molecule has 28 heavy (non-hydrogen) atoms. The second kappa shape index (κ2) is 7.16. The number of aromatic nitrogens is 3. The van der Waals surface area contributed by atoms with Gasteiger partial charge in [-0.05, 0) is 24.1 Å². The van der Waals surface area contributed by atoms with Crippen LogP contribution in [0.3, 0.4) is 0 Å². The van der Waals surface area contributed by atoms with Gasteiger partial charge in [0.2, 0.25) is 11.8 Å². The van der Waals surface area contributed by atoms with E-state index in [1.54, 1.807) is 10.7 Å². The number of benzene rings is 1. The Labute approximate surface area is 162 Å². The Balaban J connectivity index is 1.53. The van der Waals surface area contributed by atoms with E-state index in [1.165, 1.54) is 4.90 Å². The molecule has 2 N–H and O–H groups in total. The third-order valence-electron chi connectivity index (χ3n) is 5.01. The first kappa shape index (κ1) is 18.3. The third kappa shape index (κ3) is 3.40. The van der Waals surface area contributed by atoms with E-state index in [9.17, 15) is 14.4 Å². The molecule has 1 unspecified atom stereocenters. The number of piperidine rings is 1. The number of imide groups is 1. The van der Waals surface area contributed by atoms with E-state index >= 15 is 0 Å². The summed E-state index contributed by atoms with van der Waals surface area (Å²) in [4.78, 5) is 37.9. The normalized spacial score (nSPS) is 19.3. The maximum Gasteiger partial charge on any atom is 0.255 e. The van der Waals surface area contributed by atoms with Gasteiger partial charge in [-0.25, -0.2) is 4.68 Å². The smallest absolute Gasteiger partial charge is 0.255 e. The number of fused-ring (bicyclic) bond motifs is 1. The van der Waals surface area contributed by atoms with Crippen molar-refractivity contribution in [2.45, 2.75) is 51.9 Å². The number of nitrogens with one attached hydrogen (secondary N) is 2. The standard InChI is InChI=1S/C19H22N6O3/c1-11(2)20-8-13-10-25(23-22-13)14-4-3-12-9-24(19(28)15(12)7-14)16-5-6-17(26)21-18(16)27/h3-4,7,10-11,16,20H,5-6,8-9H2,1-2H3,(H,21,26,27). The highest BCUT2D eigenvalue weighted by Gasteiger charge is 2.39. The number of carbonyl (C=O) groups excluding carboxylic acids is 3. The van der Waals surface area contributed by atoms with Crippen LogP contribution in [0.25, 0.3) is 5.69 Å². The Hall–Kier alpha value is -3.07. The molecular weight excluding hydrogens is 360 g/mol. The van der Waals surface area contributed by atoms with Gasteiger partial charge >= 0.3 is 0 Å². The van der Waals surface area contributed by atoms with E-state index in [1.807, 2.05) is 18.3 Å². The van der Waals surface area contributed by atoms with Crippen LogP contribution in [0.1, 0.15) is 48.3 Å². The molecule has 9 heteroatoms. The molecule has 9 nitrogen and oxygen atoms in total. The SMILES string of the molecule is CC(C)NCc1cn(-c2ccc3c(c2)C(=O)N(C2CCC(=O)NC2=O)C3)nn1. The molecule has 1 saturated heterocycles. The summed E-state index contributed by atoms with van der Waals surface area (Å²) >= 11 is 0. The summed E-state index contributed by atoms with van der Waals surface area (Å²) < 4.78 is 1.64. The molecule has 146 valence electrons. The Morgan fingerprint density at radius 2 is 2.11 bits per heavy atom. The summed E-state index contributed by atoms with van der Waals surface area (Å²) in [6.07, 6.45) is 2.43. The molecule has 2 aromatic rings. The van der Waals surface area contributed by atoms with Gasteiger partial charge in [0.05, 0.1) is 17.6 Å². The summed E-state index contributed by atoms with van der Waals surface area (Å²) in [5.41, 5.74) is 2.96. The molecule has 1 aromatic carbocycles. The van der Waals surface area contributed by atoms with Crippen molar-refractivity contribution in [2.24, 2.45) is 0 Å². The highest BCUT2D eigenvalue weighted by Crippen LogP contribution is 2.28. The molecule has 3 amide bonds. The van der Waals surface area contributed by atoms with Crippen LogP contribution in [-0.4, -0.2) is 49.7 Å². The summed E-state index contributed by atoms with van der Waals surface area (Å²) in [5.74, 6) is -0.897. The van der Waals surface area contributed by atoms with Crippen molar-refractivity contribution in [3.63, 3.8) is 0 Å². The van der Waals surface area contributed by atoms with Gasteiger partial charge in [0.25, 0.3) is 5.91 Å². The number of hydrogen-bond acceptors (Lipinski definition) is 6. The molecule has 2 aliphatic heterocycles. The molecule has 2 aliphatic rings. The van der Waals surface area contributed by atoms with E-state index in [4.69, 9.17) is 0 Å². The first-order valence-electron chi connectivity index (χ1n) is 9.35. The van der Waals surface area contributed by atoms with Gasteiger partial charge in [0, 0.05) is 31.1 Å². The molecule has 3 heterocycles. The lowest BCUT2D eigenvalue weighted by atomic mass is 10.0. The number of carbonyl (C=O) groups is 3. The minimum atomic E-state index is -0.610. The van der Waals surface area contributed by atoms with Crippen LogP contribution in [-0.2, 0) is 22.7 Å². The first-order valence-corrected chi connectivity index (χ1v) is 9.35. The predicted molar refractivity (Wildman–Crippen MR) is 99.4 cm³/mol. The van der Waals surface area contributed by atoms with Crippen LogP contribution in [0.2, 0.25) is 0 Å². The topological polar surface area (TPSA) is 109 Å². The number of amides is 3. The lowest BCUT2D eigenvalue weighted by molar-refractivity contribution is -0.136. The molecule has 1 aromatic heterocycles. The van der Waals surface area contributed by atoms with Crippen LogP contribution in [0.4, 0.5) is 0 Å². The van der Waals surface area contributed by atoms with Crippen LogP contribution < -0.4 is 10.6 Å². The summed E-state index contributed by atoms with van der Waals surface area (Å²) in [7, 11) is 0. The largest absolute Gasteiger partial charge is 0.322 e. The van der Waals surface area contributed by atoms with Crippen molar-refractivity contribution < 1.29 is 14.4 Å². The van der Waals surface area contributed by atoms with E-state index in [0.717, 1.165) is 16.9 Å². The second-order valence-corrected chi connectivity index (χ2v) is 7.43. The zero-order valence-electron chi connectivity index (χ0n) is 15.8. The Kier molecular flexibility index (Phi) is 4.68. The number of hydrogen-bond donors (Lipinski definition) is 2. The van der Waals surface area contributed by atoms with Crippen molar-refractivity contribution in [3.05, 3.63) is 41.2 Å². The zero-order chi connectivity index (χ0) is 19.8. The Bertz CT molecular complexity index is 951. The van der Waals surface area contributed by atoms with Gasteiger partial charge in [0.1, 0.15) is 6.04 Å². The average Bonchev–Trinajstić information content (AvgIpc) is 3.25. The number of rotatable bonds is 5. The molecule has 0 spiro atoms. The minimum Gasteiger partial charge on any atom is -0.322 e. The van der Waals surface area contributed by atoms with Gasteiger partial charge < -0.3 is 10.2 Å². The summed E-state index contributed by atoms with van der Waals surface area (Å²) in [6.45, 7) is 5.10. The van der Waals surface area contributed by atoms with Gasteiger partial charge in [0.15, 0.2) is 0 Å². The third-order valence-corrected chi connectivity index (χ3v) is 5.01. The number of nitrogens with zero attached hydrogens (tertiary/aromatic N) is 4. The fraction of sp³-hybridized carbons (Fsp3) is 0.421. The van der Waals surface area contributed by atoms with Crippen LogP contribution >= 0.6 is 0 Å². The maximum absolute atomic E-state index is 12.9. The van der Waals surface area contributed by atoms with Crippen LogP contribution in [0.5, 0.6) is 0 Å². The highest BCUT2D eigenvalue weighted by molar-refractivity contribution is 6.05. The minimum absolute atomic E-state index is 0.201. The van der Waals surface area contributed by atoms with Crippen molar-refractivity contribution in [2.75, 3.05) is 0 Å².